The monoisotopic (exact) mass is 142 g/mol. The minimum absolute atomic E-state index is 0.231. The van der Waals surface area contributed by atoms with Crippen molar-refractivity contribution in [2.45, 2.75) is 0 Å². The number of H-pyrrole nitrogens is 1. The largest absolute Gasteiger partial charge is 0.434 e. The number of aliphatic hydroxyl groups excluding tert-OH is 1. The number of hydrogen-bond donors (Lipinski definition) is 2. The topological polar surface area (TPSA) is 75.2 Å². The molecule has 0 spiro atoms. The van der Waals surface area contributed by atoms with E-state index in [1.54, 1.807) is 0 Å². The van der Waals surface area contributed by atoms with Crippen molar-refractivity contribution in [2.24, 2.45) is 0 Å². The maximum atomic E-state index is 10.7. The Hall–Kier alpha value is -1.36. The van der Waals surface area contributed by atoms with Crippen molar-refractivity contribution in [2.75, 3.05) is 6.79 Å². The second-order valence-corrected chi connectivity index (χ2v) is 1.53. The molecule has 1 rings (SSSR count). The molecule has 0 atom stereocenters. The number of rotatable bonds is 2. The minimum Gasteiger partial charge on any atom is -0.434 e. The summed E-state index contributed by atoms with van der Waals surface area (Å²) in [5.41, 5.74) is 0.231. The van der Waals surface area contributed by atoms with Crippen LogP contribution in [-0.2, 0) is 4.74 Å². The molecule has 10 heavy (non-hydrogen) atoms. The lowest BCUT2D eigenvalue weighted by molar-refractivity contribution is 0.00624. The summed E-state index contributed by atoms with van der Waals surface area (Å²) in [7, 11) is 0. The van der Waals surface area contributed by atoms with Crippen LogP contribution in [-0.4, -0.2) is 28.1 Å². The first-order valence-electron chi connectivity index (χ1n) is 2.62. The number of hydrogen-bond acceptors (Lipinski definition) is 4. The molecular formula is C5H6N2O3. The lowest BCUT2D eigenvalue weighted by atomic mass is 10.4. The Labute approximate surface area is 56.6 Å². The quantitative estimate of drug-likeness (QED) is 0.432. The molecular weight excluding hydrogens is 136 g/mol. The second kappa shape index (κ2) is 2.98. The van der Waals surface area contributed by atoms with Crippen molar-refractivity contribution in [1.82, 2.24) is 10.2 Å². The third-order valence-electron chi connectivity index (χ3n) is 0.916. The summed E-state index contributed by atoms with van der Waals surface area (Å²) in [6.07, 6.45) is 1.42. The molecule has 0 radical (unpaired) electrons. The fraction of sp³-hybridized carbons (Fsp3) is 0.200. The van der Waals surface area contributed by atoms with Gasteiger partial charge in [-0.1, -0.05) is 0 Å². The van der Waals surface area contributed by atoms with Crippen LogP contribution in [0.4, 0.5) is 0 Å². The molecule has 0 saturated carbocycles. The molecule has 54 valence electrons. The van der Waals surface area contributed by atoms with Gasteiger partial charge in [0, 0.05) is 6.20 Å². The molecule has 1 heterocycles. The van der Waals surface area contributed by atoms with Crippen molar-refractivity contribution in [3.63, 3.8) is 0 Å². The summed E-state index contributed by atoms with van der Waals surface area (Å²) >= 11 is 0. The maximum Gasteiger partial charge on any atom is 0.358 e. The molecule has 0 aliphatic heterocycles. The van der Waals surface area contributed by atoms with Crippen molar-refractivity contribution in [3.8, 4) is 0 Å². The average molecular weight is 142 g/mol. The van der Waals surface area contributed by atoms with E-state index in [2.05, 4.69) is 14.9 Å². The highest BCUT2D eigenvalue weighted by Gasteiger charge is 2.05. The van der Waals surface area contributed by atoms with Gasteiger partial charge in [0.05, 0.1) is 0 Å². The molecule has 0 fully saturated rings. The normalized spacial score (nSPS) is 9.30. The van der Waals surface area contributed by atoms with Gasteiger partial charge in [0.15, 0.2) is 6.79 Å². The summed E-state index contributed by atoms with van der Waals surface area (Å²) in [6, 6.07) is 1.46. The number of carbonyl (C=O) groups is 1. The van der Waals surface area contributed by atoms with Crippen LogP contribution >= 0.6 is 0 Å². The molecule has 0 aliphatic rings. The predicted octanol–water partition coefficient (Wildman–Crippen LogP) is -0.484. The summed E-state index contributed by atoms with van der Waals surface area (Å²) in [5, 5.41) is 14.1. The van der Waals surface area contributed by atoms with Gasteiger partial charge >= 0.3 is 5.97 Å². The number of aromatic amines is 1. The molecule has 0 amide bonds. The molecule has 1 aromatic rings. The van der Waals surface area contributed by atoms with Crippen LogP contribution in [0.25, 0.3) is 0 Å². The Morgan fingerprint density at radius 2 is 2.70 bits per heavy atom. The summed E-state index contributed by atoms with van der Waals surface area (Å²) in [6.45, 7) is -0.613. The fourth-order valence-electron chi connectivity index (χ4n) is 0.506. The summed E-state index contributed by atoms with van der Waals surface area (Å²) in [5.74, 6) is -0.611. The van der Waals surface area contributed by atoms with Crippen molar-refractivity contribution in [1.29, 1.82) is 0 Å². The van der Waals surface area contributed by atoms with E-state index in [0.717, 1.165) is 0 Å². The Kier molecular flexibility index (Phi) is 2.01. The molecule has 5 heteroatoms. The van der Waals surface area contributed by atoms with Crippen LogP contribution < -0.4 is 0 Å². The first-order chi connectivity index (χ1) is 4.84. The van der Waals surface area contributed by atoms with E-state index in [0.29, 0.717) is 0 Å². The van der Waals surface area contributed by atoms with Gasteiger partial charge in [0.1, 0.15) is 5.69 Å². The van der Waals surface area contributed by atoms with Gasteiger partial charge in [0.25, 0.3) is 0 Å². The van der Waals surface area contributed by atoms with E-state index in [4.69, 9.17) is 5.11 Å². The second-order valence-electron chi connectivity index (χ2n) is 1.53. The molecule has 0 aliphatic carbocycles. The number of ether oxygens (including phenoxy) is 1. The van der Waals surface area contributed by atoms with Gasteiger partial charge in [-0.05, 0) is 6.07 Å². The van der Waals surface area contributed by atoms with Gasteiger partial charge in [-0.15, -0.1) is 0 Å². The number of aromatic nitrogens is 2. The van der Waals surface area contributed by atoms with E-state index >= 15 is 0 Å². The summed E-state index contributed by atoms with van der Waals surface area (Å²) in [4.78, 5) is 10.7. The Morgan fingerprint density at radius 1 is 1.90 bits per heavy atom. The van der Waals surface area contributed by atoms with Crippen LogP contribution in [0.2, 0.25) is 0 Å². The summed E-state index contributed by atoms with van der Waals surface area (Å²) < 4.78 is 4.23. The van der Waals surface area contributed by atoms with E-state index in [1.165, 1.54) is 12.3 Å². The number of nitrogens with zero attached hydrogens (tertiary/aromatic N) is 1. The third-order valence-corrected chi connectivity index (χ3v) is 0.916. The number of aliphatic hydroxyl groups is 1. The molecule has 0 unspecified atom stereocenters. The Morgan fingerprint density at radius 3 is 3.20 bits per heavy atom. The third kappa shape index (κ3) is 1.32. The molecule has 5 nitrogen and oxygen atoms in total. The Bertz CT molecular complexity index is 207. The van der Waals surface area contributed by atoms with Crippen molar-refractivity contribution >= 4 is 5.97 Å². The number of nitrogens with one attached hydrogen (secondary N) is 1. The lowest BCUT2D eigenvalue weighted by Gasteiger charge is -1.94. The highest BCUT2D eigenvalue weighted by atomic mass is 16.6. The van der Waals surface area contributed by atoms with Crippen LogP contribution in [0.5, 0.6) is 0 Å². The molecule has 0 aromatic carbocycles. The average Bonchev–Trinajstić information content (AvgIpc) is 2.38. The Balaban J connectivity index is 2.59. The highest BCUT2D eigenvalue weighted by Crippen LogP contribution is 1.93. The number of esters is 1. The van der Waals surface area contributed by atoms with Crippen molar-refractivity contribution in [3.05, 3.63) is 18.0 Å². The van der Waals surface area contributed by atoms with Gasteiger partial charge in [0.2, 0.25) is 0 Å². The van der Waals surface area contributed by atoms with E-state index < -0.39 is 12.8 Å². The van der Waals surface area contributed by atoms with Crippen LogP contribution in [0.15, 0.2) is 12.3 Å². The van der Waals surface area contributed by atoms with Crippen LogP contribution in [0.1, 0.15) is 10.5 Å². The zero-order chi connectivity index (χ0) is 7.40. The first-order valence-corrected chi connectivity index (χ1v) is 2.62. The minimum atomic E-state index is -0.613. The zero-order valence-corrected chi connectivity index (χ0v) is 5.07. The van der Waals surface area contributed by atoms with Crippen molar-refractivity contribution < 1.29 is 14.6 Å². The van der Waals surface area contributed by atoms with Gasteiger partial charge < -0.3 is 9.84 Å². The van der Waals surface area contributed by atoms with Gasteiger partial charge in [-0.2, -0.15) is 5.10 Å². The maximum absolute atomic E-state index is 10.7. The fourth-order valence-corrected chi connectivity index (χ4v) is 0.506. The van der Waals surface area contributed by atoms with E-state index in [-0.39, 0.29) is 5.69 Å². The predicted molar refractivity (Wildman–Crippen MR) is 31.1 cm³/mol. The SMILES string of the molecule is O=C(OCO)c1ccn[nH]1. The van der Waals surface area contributed by atoms with Crippen LogP contribution in [0, 0.1) is 0 Å². The van der Waals surface area contributed by atoms with Gasteiger partial charge in [-0.25, -0.2) is 4.79 Å². The van der Waals surface area contributed by atoms with Crippen LogP contribution in [0.3, 0.4) is 0 Å². The number of carbonyl (C=O) groups excluding carboxylic acids is 1. The highest BCUT2D eigenvalue weighted by molar-refractivity contribution is 5.86. The first kappa shape index (κ1) is 6.76. The van der Waals surface area contributed by atoms with E-state index in [9.17, 15) is 4.79 Å². The molecule has 1 aromatic heterocycles. The lowest BCUT2D eigenvalue weighted by Crippen LogP contribution is -2.05. The van der Waals surface area contributed by atoms with Gasteiger partial charge in [-0.3, -0.25) is 5.10 Å². The smallest absolute Gasteiger partial charge is 0.358 e. The van der Waals surface area contributed by atoms with E-state index in [1.807, 2.05) is 0 Å². The molecule has 0 saturated heterocycles. The standard InChI is InChI=1S/C5H6N2O3/c8-3-10-5(9)4-1-2-6-7-4/h1-2,8H,3H2,(H,6,7). The molecule has 2 N–H and O–H groups in total. The molecule has 0 bridgehead atoms. The zero-order valence-electron chi connectivity index (χ0n) is 5.07.